The van der Waals surface area contributed by atoms with Crippen molar-refractivity contribution in [1.29, 1.82) is 0 Å². The molecule has 5 rings (SSSR count). The van der Waals surface area contributed by atoms with E-state index in [1.165, 1.54) is 6.26 Å². The van der Waals surface area contributed by atoms with Gasteiger partial charge in [-0.3, -0.25) is 4.90 Å². The number of rotatable bonds is 12. The van der Waals surface area contributed by atoms with E-state index >= 15 is 0 Å². The molecule has 43 heavy (non-hydrogen) atoms. The number of benzene rings is 2. The first-order valence-corrected chi connectivity index (χ1v) is 16.5. The Hall–Kier alpha value is -4.51. The maximum atomic E-state index is 11.5. The van der Waals surface area contributed by atoms with Crippen LogP contribution in [0, 0.1) is 0 Å². The molecule has 0 saturated carbocycles. The van der Waals surface area contributed by atoms with Crippen molar-refractivity contribution in [2.24, 2.45) is 4.99 Å². The second-order valence-electron chi connectivity index (χ2n) is 10.7. The van der Waals surface area contributed by atoms with Crippen LogP contribution < -0.4 is 4.90 Å². The molecule has 2 aromatic heterocycles. The largest absolute Gasteiger partial charge is 0.267 e. The minimum absolute atomic E-state index is 0.143. The van der Waals surface area contributed by atoms with Crippen LogP contribution in [0.4, 0.5) is 5.95 Å². The van der Waals surface area contributed by atoms with Gasteiger partial charge < -0.3 is 0 Å². The Morgan fingerprint density at radius 2 is 1.65 bits per heavy atom. The molecule has 10 nitrogen and oxygen atoms in total. The van der Waals surface area contributed by atoms with Gasteiger partial charge >= 0.3 is 0 Å². The Bertz CT molecular complexity index is 1740. The van der Waals surface area contributed by atoms with Crippen molar-refractivity contribution >= 4 is 21.6 Å². The van der Waals surface area contributed by atoms with Gasteiger partial charge in [-0.05, 0) is 60.1 Å². The van der Waals surface area contributed by atoms with Gasteiger partial charge in [0.1, 0.15) is 15.7 Å². The molecule has 1 aliphatic heterocycles. The van der Waals surface area contributed by atoms with Gasteiger partial charge in [-0.2, -0.15) is 5.21 Å². The molecule has 0 aliphatic carbocycles. The Kier molecular flexibility index (Phi) is 9.20. The fourth-order valence-electron chi connectivity index (χ4n) is 5.17. The SMILES string of the molecule is C=C1C(Cc2ccc(-c3ccccc3-c3nn[nH]n3)cc2)=C(CCCC)N=C(C)N1c1ncc(CCCS(C)(=O)=O)cn1. The summed E-state index contributed by atoms with van der Waals surface area (Å²) in [5.74, 6) is 1.97. The topological polar surface area (TPSA) is 130 Å². The van der Waals surface area contributed by atoms with Crippen molar-refractivity contribution in [3.05, 3.63) is 95.6 Å². The lowest BCUT2D eigenvalue weighted by Gasteiger charge is -2.31. The lowest BCUT2D eigenvalue weighted by Crippen LogP contribution is -2.33. The summed E-state index contributed by atoms with van der Waals surface area (Å²) in [4.78, 5) is 16.1. The van der Waals surface area contributed by atoms with E-state index in [-0.39, 0.29) is 5.75 Å². The molecular formula is C32H36N8O2S. The van der Waals surface area contributed by atoms with Crippen LogP contribution in [-0.2, 0) is 22.7 Å². The molecule has 1 N–H and O–H groups in total. The first-order chi connectivity index (χ1) is 20.7. The number of sulfone groups is 1. The summed E-state index contributed by atoms with van der Waals surface area (Å²) in [5.41, 5.74) is 7.97. The highest BCUT2D eigenvalue weighted by Gasteiger charge is 2.26. The quantitative estimate of drug-likeness (QED) is 0.219. The summed E-state index contributed by atoms with van der Waals surface area (Å²) >= 11 is 0. The normalized spacial score (nSPS) is 13.9. The van der Waals surface area contributed by atoms with Gasteiger partial charge in [-0.1, -0.05) is 68.5 Å². The second kappa shape index (κ2) is 13.2. The molecule has 4 aromatic rings. The molecule has 0 atom stereocenters. The molecular weight excluding hydrogens is 560 g/mol. The number of anilines is 1. The van der Waals surface area contributed by atoms with E-state index in [1.807, 2.05) is 30.0 Å². The van der Waals surface area contributed by atoms with Crippen LogP contribution in [-0.4, -0.2) is 56.9 Å². The Morgan fingerprint density at radius 3 is 2.30 bits per heavy atom. The van der Waals surface area contributed by atoms with Crippen molar-refractivity contribution in [2.45, 2.75) is 52.4 Å². The van der Waals surface area contributed by atoms with Gasteiger partial charge in [-0.15, -0.1) is 10.2 Å². The molecule has 0 amide bonds. The summed E-state index contributed by atoms with van der Waals surface area (Å²) in [7, 11) is -3.00. The molecule has 0 spiro atoms. The summed E-state index contributed by atoms with van der Waals surface area (Å²) in [5, 5.41) is 14.6. The van der Waals surface area contributed by atoms with Gasteiger partial charge in [0.15, 0.2) is 0 Å². The predicted molar refractivity (Wildman–Crippen MR) is 170 cm³/mol. The third-order valence-electron chi connectivity index (χ3n) is 7.39. The van der Waals surface area contributed by atoms with E-state index in [0.717, 1.165) is 69.9 Å². The number of amidine groups is 1. The molecule has 1 aliphatic rings. The van der Waals surface area contributed by atoms with Gasteiger partial charge in [0.2, 0.25) is 11.8 Å². The van der Waals surface area contributed by atoms with Crippen LogP contribution in [0.5, 0.6) is 0 Å². The van der Waals surface area contributed by atoms with Crippen LogP contribution >= 0.6 is 0 Å². The van der Waals surface area contributed by atoms with Gasteiger partial charge in [0.05, 0.1) is 5.75 Å². The fraction of sp³-hybridized carbons (Fsp3) is 0.312. The van der Waals surface area contributed by atoms with E-state index in [0.29, 0.717) is 31.0 Å². The molecule has 0 unspecified atom stereocenters. The minimum atomic E-state index is -3.00. The van der Waals surface area contributed by atoms with Crippen LogP contribution in [0.15, 0.2) is 89.5 Å². The maximum absolute atomic E-state index is 11.5. The van der Waals surface area contributed by atoms with Crippen molar-refractivity contribution in [1.82, 2.24) is 30.6 Å². The molecule has 11 heteroatoms. The molecule has 0 radical (unpaired) electrons. The Balaban J connectivity index is 1.38. The Labute approximate surface area is 252 Å². The highest BCUT2D eigenvalue weighted by molar-refractivity contribution is 7.90. The molecule has 0 fully saturated rings. The zero-order valence-corrected chi connectivity index (χ0v) is 25.6. The molecule has 3 heterocycles. The zero-order chi connectivity index (χ0) is 30.4. The van der Waals surface area contributed by atoms with Crippen LogP contribution in [0.2, 0.25) is 0 Å². The number of allylic oxidation sites excluding steroid dienone is 2. The van der Waals surface area contributed by atoms with Crippen LogP contribution in [0.1, 0.15) is 50.7 Å². The number of aromatic amines is 1. The van der Waals surface area contributed by atoms with Gasteiger partial charge in [0, 0.05) is 47.6 Å². The number of nitrogens with zero attached hydrogens (tertiary/aromatic N) is 7. The average molecular weight is 597 g/mol. The number of unbranched alkanes of at least 4 members (excludes halogenated alkanes) is 1. The minimum Gasteiger partial charge on any atom is -0.267 e. The standard InChI is InChI=1S/C32H36N8O2S/c1-5-6-13-30-29(19-24-14-16-26(17-15-24)27-11-7-8-12-28(27)31-36-38-39-37-31)22(2)40(23(3)35-30)32-33-20-25(21-34-32)10-9-18-43(4,41)42/h7-8,11-12,14-17,20-21H,2,5-6,9-10,13,18-19H2,1,3-4H3,(H,36,37,38,39). The fourth-order valence-corrected chi connectivity index (χ4v) is 5.84. The average Bonchev–Trinajstić information content (AvgIpc) is 3.53. The lowest BCUT2D eigenvalue weighted by molar-refractivity contribution is 0.599. The summed E-state index contributed by atoms with van der Waals surface area (Å²) in [6, 6.07) is 16.5. The highest BCUT2D eigenvalue weighted by atomic mass is 32.2. The van der Waals surface area contributed by atoms with E-state index in [1.54, 1.807) is 12.4 Å². The molecule has 2 aromatic carbocycles. The number of hydrogen-bond donors (Lipinski definition) is 1. The van der Waals surface area contributed by atoms with Gasteiger partial charge in [-0.25, -0.2) is 23.4 Å². The van der Waals surface area contributed by atoms with Crippen molar-refractivity contribution < 1.29 is 8.42 Å². The van der Waals surface area contributed by atoms with Crippen molar-refractivity contribution in [3.63, 3.8) is 0 Å². The predicted octanol–water partition coefficient (Wildman–Crippen LogP) is 5.74. The zero-order valence-electron chi connectivity index (χ0n) is 24.8. The van der Waals surface area contributed by atoms with E-state index in [9.17, 15) is 8.42 Å². The lowest BCUT2D eigenvalue weighted by atomic mass is 9.94. The van der Waals surface area contributed by atoms with Crippen LogP contribution in [0.3, 0.4) is 0 Å². The monoisotopic (exact) mass is 596 g/mol. The van der Waals surface area contributed by atoms with Crippen LogP contribution in [0.25, 0.3) is 22.5 Å². The first kappa shape index (κ1) is 30.0. The van der Waals surface area contributed by atoms with Crippen molar-refractivity contribution in [2.75, 3.05) is 16.9 Å². The third kappa shape index (κ3) is 7.29. The number of aryl methyl sites for hydroxylation is 1. The summed E-state index contributed by atoms with van der Waals surface area (Å²) in [6.07, 6.45) is 9.54. The number of nitrogens with one attached hydrogen (secondary N) is 1. The number of aromatic nitrogens is 6. The number of aliphatic imine (C=N–C) groups is 1. The third-order valence-corrected chi connectivity index (χ3v) is 8.42. The molecule has 0 bridgehead atoms. The van der Waals surface area contributed by atoms with E-state index in [2.05, 4.69) is 74.4 Å². The van der Waals surface area contributed by atoms with Crippen molar-refractivity contribution in [3.8, 4) is 22.5 Å². The maximum Gasteiger partial charge on any atom is 0.235 e. The van der Waals surface area contributed by atoms with Gasteiger partial charge in [0.25, 0.3) is 0 Å². The summed E-state index contributed by atoms with van der Waals surface area (Å²) < 4.78 is 22.9. The number of H-pyrrole nitrogens is 1. The van der Waals surface area contributed by atoms with E-state index in [4.69, 9.17) is 4.99 Å². The highest BCUT2D eigenvalue weighted by Crippen LogP contribution is 2.34. The second-order valence-corrected chi connectivity index (χ2v) is 13.0. The molecule has 0 saturated heterocycles. The smallest absolute Gasteiger partial charge is 0.235 e. The molecule has 222 valence electrons. The first-order valence-electron chi connectivity index (χ1n) is 14.4. The Morgan fingerprint density at radius 1 is 0.930 bits per heavy atom. The van der Waals surface area contributed by atoms with E-state index < -0.39 is 9.84 Å². The summed E-state index contributed by atoms with van der Waals surface area (Å²) in [6.45, 7) is 8.61. The number of hydrogen-bond acceptors (Lipinski definition) is 9. The number of tetrazole rings is 1.